The number of thiazole rings is 1. The summed E-state index contributed by atoms with van der Waals surface area (Å²) < 4.78 is 6.20. The van der Waals surface area contributed by atoms with Crippen LogP contribution in [-0.4, -0.2) is 29.9 Å². The van der Waals surface area contributed by atoms with Gasteiger partial charge >= 0.3 is 0 Å². The number of aryl methyl sites for hydroxylation is 1. The van der Waals surface area contributed by atoms with Gasteiger partial charge in [-0.05, 0) is 43.5 Å². The van der Waals surface area contributed by atoms with E-state index in [0.717, 1.165) is 29.8 Å². The maximum atomic E-state index is 11.8. The highest BCUT2D eigenvalue weighted by Gasteiger charge is 2.08. The van der Waals surface area contributed by atoms with Crippen LogP contribution in [0.3, 0.4) is 0 Å². The van der Waals surface area contributed by atoms with Gasteiger partial charge in [0, 0.05) is 19.5 Å². The van der Waals surface area contributed by atoms with Gasteiger partial charge < -0.3 is 15.1 Å². The molecule has 0 spiro atoms. The molecule has 0 unspecified atom stereocenters. The highest BCUT2D eigenvalue weighted by Crippen LogP contribution is 2.22. The number of aromatic nitrogens is 1. The Morgan fingerprint density at radius 2 is 1.88 bits per heavy atom. The molecule has 0 saturated heterocycles. The monoisotopic (exact) mass is 371 g/mol. The molecule has 6 nitrogen and oxygen atoms in total. The summed E-state index contributed by atoms with van der Waals surface area (Å²) in [6, 6.07) is 11.4. The SMILES string of the molecule is O=C(CCCCc1nc2ccccc2s1)NCCNC(=O)c1ccco1. The smallest absolute Gasteiger partial charge is 0.287 e. The lowest BCUT2D eigenvalue weighted by atomic mass is 10.2. The highest BCUT2D eigenvalue weighted by molar-refractivity contribution is 7.18. The number of hydrogen-bond acceptors (Lipinski definition) is 5. The molecule has 136 valence electrons. The molecule has 0 saturated carbocycles. The van der Waals surface area contributed by atoms with Crippen LogP contribution in [0.1, 0.15) is 34.8 Å². The third kappa shape index (κ3) is 5.16. The van der Waals surface area contributed by atoms with E-state index in [1.54, 1.807) is 23.5 Å². The molecule has 26 heavy (non-hydrogen) atoms. The molecule has 3 rings (SSSR count). The molecule has 2 N–H and O–H groups in total. The van der Waals surface area contributed by atoms with Crippen molar-refractivity contribution in [3.63, 3.8) is 0 Å². The molecule has 0 aliphatic rings. The Kier molecular flexibility index (Phi) is 6.38. The molecule has 0 aliphatic carbocycles. The summed E-state index contributed by atoms with van der Waals surface area (Å²) in [7, 11) is 0. The lowest BCUT2D eigenvalue weighted by molar-refractivity contribution is -0.121. The summed E-state index contributed by atoms with van der Waals surface area (Å²) in [5, 5.41) is 6.61. The van der Waals surface area contributed by atoms with Gasteiger partial charge in [0.05, 0.1) is 21.5 Å². The van der Waals surface area contributed by atoms with Gasteiger partial charge in [-0.2, -0.15) is 0 Å². The van der Waals surface area contributed by atoms with Crippen molar-refractivity contribution in [3.05, 3.63) is 53.4 Å². The van der Waals surface area contributed by atoms with E-state index in [4.69, 9.17) is 4.42 Å². The minimum Gasteiger partial charge on any atom is -0.459 e. The van der Waals surface area contributed by atoms with Gasteiger partial charge in [0.25, 0.3) is 5.91 Å². The van der Waals surface area contributed by atoms with Crippen LogP contribution in [0.15, 0.2) is 47.1 Å². The number of hydrogen-bond donors (Lipinski definition) is 2. The Hall–Kier alpha value is -2.67. The Balaban J connectivity index is 1.26. The third-order valence-electron chi connectivity index (χ3n) is 3.86. The summed E-state index contributed by atoms with van der Waals surface area (Å²) in [5.74, 6) is -0.00666. The lowest BCUT2D eigenvalue weighted by Gasteiger charge is -2.06. The fourth-order valence-corrected chi connectivity index (χ4v) is 3.56. The van der Waals surface area contributed by atoms with Gasteiger partial charge in [-0.3, -0.25) is 9.59 Å². The number of unbranched alkanes of at least 4 members (excludes halogenated alkanes) is 1. The van der Waals surface area contributed by atoms with E-state index in [1.807, 2.05) is 18.2 Å². The van der Waals surface area contributed by atoms with Crippen molar-refractivity contribution in [2.24, 2.45) is 0 Å². The van der Waals surface area contributed by atoms with Crippen molar-refractivity contribution >= 4 is 33.4 Å². The molecule has 0 atom stereocenters. The van der Waals surface area contributed by atoms with E-state index in [1.165, 1.54) is 11.0 Å². The molecule has 2 aromatic heterocycles. The molecular weight excluding hydrogens is 350 g/mol. The third-order valence-corrected chi connectivity index (χ3v) is 4.96. The first kappa shape index (κ1) is 18.1. The maximum Gasteiger partial charge on any atom is 0.287 e. The number of carbonyl (C=O) groups is 2. The maximum absolute atomic E-state index is 11.8. The van der Waals surface area contributed by atoms with Crippen molar-refractivity contribution in [2.75, 3.05) is 13.1 Å². The molecule has 1 aromatic carbocycles. The number of nitrogens with one attached hydrogen (secondary N) is 2. The van der Waals surface area contributed by atoms with Crippen molar-refractivity contribution in [3.8, 4) is 0 Å². The molecule has 3 aromatic rings. The number of carbonyl (C=O) groups excluding carboxylic acids is 2. The van der Waals surface area contributed by atoms with Crippen LogP contribution in [0.2, 0.25) is 0 Å². The van der Waals surface area contributed by atoms with E-state index in [2.05, 4.69) is 21.7 Å². The van der Waals surface area contributed by atoms with Crippen LogP contribution in [-0.2, 0) is 11.2 Å². The number of benzene rings is 1. The van der Waals surface area contributed by atoms with Crippen LogP contribution >= 0.6 is 11.3 Å². The van der Waals surface area contributed by atoms with Crippen LogP contribution in [0.4, 0.5) is 0 Å². The Morgan fingerprint density at radius 3 is 2.69 bits per heavy atom. The molecule has 0 fully saturated rings. The molecule has 2 heterocycles. The fraction of sp³-hybridized carbons (Fsp3) is 0.316. The summed E-state index contributed by atoms with van der Waals surface area (Å²) in [6.45, 7) is 0.778. The van der Waals surface area contributed by atoms with Crippen LogP contribution in [0.5, 0.6) is 0 Å². The molecule has 2 amide bonds. The Bertz CT molecular complexity index is 825. The first-order chi connectivity index (χ1) is 12.7. The number of amides is 2. The summed E-state index contributed by atoms with van der Waals surface area (Å²) in [5.41, 5.74) is 1.04. The summed E-state index contributed by atoms with van der Waals surface area (Å²) in [6.07, 6.45) is 4.58. The molecule has 0 radical (unpaired) electrons. The van der Waals surface area contributed by atoms with E-state index in [-0.39, 0.29) is 17.6 Å². The normalized spacial score (nSPS) is 10.8. The standard InChI is InChI=1S/C19H21N3O3S/c23-17(20-11-12-21-19(24)15-7-5-13-25-15)9-3-4-10-18-22-14-6-1-2-8-16(14)26-18/h1-2,5-8,13H,3-4,9-12H2,(H,20,23)(H,21,24). The summed E-state index contributed by atoms with van der Waals surface area (Å²) in [4.78, 5) is 28.0. The van der Waals surface area contributed by atoms with E-state index in [0.29, 0.717) is 19.5 Å². The number of furan rings is 1. The van der Waals surface area contributed by atoms with Gasteiger partial charge in [-0.25, -0.2) is 4.98 Å². The summed E-state index contributed by atoms with van der Waals surface area (Å²) >= 11 is 1.71. The first-order valence-electron chi connectivity index (χ1n) is 8.65. The Morgan fingerprint density at radius 1 is 1.04 bits per heavy atom. The zero-order valence-electron chi connectivity index (χ0n) is 14.4. The van der Waals surface area contributed by atoms with Crippen molar-refractivity contribution in [2.45, 2.75) is 25.7 Å². The molecule has 7 heteroatoms. The number of rotatable bonds is 9. The second-order valence-electron chi connectivity index (χ2n) is 5.87. The average Bonchev–Trinajstić information content (AvgIpc) is 3.31. The number of fused-ring (bicyclic) bond motifs is 1. The second-order valence-corrected chi connectivity index (χ2v) is 6.98. The average molecular weight is 371 g/mol. The van der Waals surface area contributed by atoms with Crippen molar-refractivity contribution in [1.82, 2.24) is 15.6 Å². The van der Waals surface area contributed by atoms with E-state index < -0.39 is 0 Å². The van der Waals surface area contributed by atoms with Crippen LogP contribution < -0.4 is 10.6 Å². The highest BCUT2D eigenvalue weighted by atomic mass is 32.1. The zero-order valence-corrected chi connectivity index (χ0v) is 15.2. The van der Waals surface area contributed by atoms with Gasteiger partial charge in [0.2, 0.25) is 5.91 Å². The minimum atomic E-state index is -0.278. The van der Waals surface area contributed by atoms with Crippen LogP contribution in [0.25, 0.3) is 10.2 Å². The minimum absolute atomic E-state index is 0.00143. The number of nitrogens with zero attached hydrogens (tertiary/aromatic N) is 1. The van der Waals surface area contributed by atoms with Gasteiger partial charge in [0.15, 0.2) is 5.76 Å². The quantitative estimate of drug-likeness (QED) is 0.566. The predicted octanol–water partition coefficient (Wildman–Crippen LogP) is 3.15. The zero-order chi connectivity index (χ0) is 18.2. The first-order valence-corrected chi connectivity index (χ1v) is 9.47. The largest absolute Gasteiger partial charge is 0.459 e. The topological polar surface area (TPSA) is 84.2 Å². The van der Waals surface area contributed by atoms with E-state index >= 15 is 0 Å². The molecule has 0 bridgehead atoms. The van der Waals surface area contributed by atoms with Gasteiger partial charge in [0.1, 0.15) is 0 Å². The van der Waals surface area contributed by atoms with Crippen molar-refractivity contribution in [1.29, 1.82) is 0 Å². The molecular formula is C19H21N3O3S. The van der Waals surface area contributed by atoms with Gasteiger partial charge in [-0.1, -0.05) is 12.1 Å². The van der Waals surface area contributed by atoms with Crippen molar-refractivity contribution < 1.29 is 14.0 Å². The van der Waals surface area contributed by atoms with Gasteiger partial charge in [-0.15, -0.1) is 11.3 Å². The predicted molar refractivity (Wildman–Crippen MR) is 101 cm³/mol. The van der Waals surface area contributed by atoms with Crippen LogP contribution in [0, 0.1) is 0 Å². The number of para-hydroxylation sites is 1. The molecule has 0 aliphatic heterocycles. The second kappa shape index (κ2) is 9.15. The Labute approximate surface area is 155 Å². The fourth-order valence-electron chi connectivity index (χ4n) is 2.55. The van der Waals surface area contributed by atoms with E-state index in [9.17, 15) is 9.59 Å². The lowest BCUT2D eigenvalue weighted by Crippen LogP contribution is -2.34.